The molecule has 0 spiro atoms. The van der Waals surface area contributed by atoms with Crippen LogP contribution in [-0.4, -0.2) is 61.6 Å². The molecule has 1 fully saturated rings. The van der Waals surface area contributed by atoms with Gasteiger partial charge < -0.3 is 34.2 Å². The average Bonchev–Trinajstić information content (AvgIpc) is 2.64. The summed E-state index contributed by atoms with van der Waals surface area (Å²) in [6.07, 6.45) is 0. The summed E-state index contributed by atoms with van der Waals surface area (Å²) in [5.41, 5.74) is 0. The Morgan fingerprint density at radius 1 is 0.389 bits per heavy atom. The lowest BCUT2D eigenvalue weighted by atomic mass is 10.3. The summed E-state index contributed by atoms with van der Waals surface area (Å²) in [7, 11) is -13.4. The van der Waals surface area contributed by atoms with E-state index in [2.05, 4.69) is 55.4 Å². The zero-order chi connectivity index (χ0) is 27.6. The van der Waals surface area contributed by atoms with E-state index in [9.17, 15) is 0 Å². The maximum Gasteiger partial charge on any atom is 0.486 e. The summed E-state index contributed by atoms with van der Waals surface area (Å²) in [4.78, 5) is 0. The van der Waals surface area contributed by atoms with Gasteiger partial charge in [0, 0.05) is 50.6 Å². The third-order valence-corrected chi connectivity index (χ3v) is 23.5. The Labute approximate surface area is 226 Å². The standard InChI is InChI=1S/C24H56O8Si4/c1-13-25-33(17-21(5)6)29-34(26-14-2,18-22(7)8)31-36(28-16-4,20-24(11)12)32-35(30-33,27-15-3)19-23(9)10/h21-24H,13-20H2,1-12H3. The molecule has 1 aliphatic heterocycles. The molecule has 36 heavy (non-hydrogen) atoms. The Bertz CT molecular complexity index is 509. The predicted octanol–water partition coefficient (Wildman–Crippen LogP) is 6.59. The molecule has 12 heteroatoms. The van der Waals surface area contributed by atoms with E-state index in [-0.39, 0.29) is 23.7 Å². The van der Waals surface area contributed by atoms with Crippen LogP contribution in [0.1, 0.15) is 83.1 Å². The van der Waals surface area contributed by atoms with Gasteiger partial charge in [0.05, 0.1) is 0 Å². The van der Waals surface area contributed by atoms with Crippen molar-refractivity contribution in [3.8, 4) is 0 Å². The third kappa shape index (κ3) is 10.6. The first-order chi connectivity index (χ1) is 16.7. The smallest absolute Gasteiger partial charge is 0.375 e. The van der Waals surface area contributed by atoms with Crippen LogP contribution in [0.5, 0.6) is 0 Å². The van der Waals surface area contributed by atoms with Crippen LogP contribution in [0.25, 0.3) is 0 Å². The Hall–Kier alpha value is 0.548. The normalized spacial score (nSPS) is 32.0. The topological polar surface area (TPSA) is 73.8 Å². The van der Waals surface area contributed by atoms with Gasteiger partial charge in [0.1, 0.15) is 0 Å². The van der Waals surface area contributed by atoms with E-state index >= 15 is 0 Å². The highest BCUT2D eigenvalue weighted by Gasteiger charge is 2.68. The second kappa shape index (κ2) is 15.4. The van der Waals surface area contributed by atoms with Crippen LogP contribution in [0.4, 0.5) is 0 Å². The quantitative estimate of drug-likeness (QED) is 0.188. The molecule has 1 saturated heterocycles. The van der Waals surface area contributed by atoms with Crippen molar-refractivity contribution in [2.45, 2.75) is 107 Å². The van der Waals surface area contributed by atoms with Gasteiger partial charge >= 0.3 is 35.2 Å². The molecule has 0 bridgehead atoms. The van der Waals surface area contributed by atoms with E-state index in [4.69, 9.17) is 34.2 Å². The van der Waals surface area contributed by atoms with E-state index in [1.807, 2.05) is 27.7 Å². The summed E-state index contributed by atoms with van der Waals surface area (Å²) in [5, 5.41) is 0. The van der Waals surface area contributed by atoms with Gasteiger partial charge in [0.25, 0.3) is 0 Å². The molecule has 0 amide bonds. The highest BCUT2D eigenvalue weighted by atomic mass is 28.6. The molecule has 1 aliphatic rings. The van der Waals surface area contributed by atoms with Gasteiger partial charge in [-0.05, 0) is 51.4 Å². The van der Waals surface area contributed by atoms with Crippen molar-refractivity contribution in [3.05, 3.63) is 0 Å². The van der Waals surface area contributed by atoms with E-state index in [0.717, 1.165) is 0 Å². The van der Waals surface area contributed by atoms with Crippen LogP contribution in [0.2, 0.25) is 24.2 Å². The summed E-state index contributed by atoms with van der Waals surface area (Å²) in [5.74, 6) is 1.14. The fourth-order valence-corrected chi connectivity index (χ4v) is 25.2. The van der Waals surface area contributed by atoms with E-state index in [1.165, 1.54) is 0 Å². The van der Waals surface area contributed by atoms with Crippen molar-refractivity contribution in [2.75, 3.05) is 26.4 Å². The van der Waals surface area contributed by atoms with Crippen LogP contribution in [-0.2, 0) is 34.2 Å². The first-order valence-corrected chi connectivity index (χ1v) is 21.8. The molecule has 0 radical (unpaired) electrons. The van der Waals surface area contributed by atoms with E-state index in [0.29, 0.717) is 50.6 Å². The molecule has 0 aromatic rings. The van der Waals surface area contributed by atoms with Crippen molar-refractivity contribution < 1.29 is 34.2 Å². The molecule has 8 nitrogen and oxygen atoms in total. The number of rotatable bonds is 16. The van der Waals surface area contributed by atoms with Gasteiger partial charge in [0.15, 0.2) is 0 Å². The van der Waals surface area contributed by atoms with E-state index < -0.39 is 35.2 Å². The molecule has 0 saturated carbocycles. The summed E-state index contributed by atoms with van der Waals surface area (Å²) in [6.45, 7) is 27.1. The Kier molecular flexibility index (Phi) is 14.8. The highest BCUT2D eigenvalue weighted by molar-refractivity contribution is 6.89. The highest BCUT2D eigenvalue weighted by Crippen LogP contribution is 2.42. The van der Waals surface area contributed by atoms with Gasteiger partial charge in [-0.1, -0.05) is 55.4 Å². The van der Waals surface area contributed by atoms with Crippen LogP contribution in [0, 0.1) is 23.7 Å². The molecule has 0 aromatic carbocycles. The van der Waals surface area contributed by atoms with Crippen LogP contribution >= 0.6 is 0 Å². The maximum absolute atomic E-state index is 7.15. The molecular formula is C24H56O8Si4. The second-order valence-corrected chi connectivity index (χ2v) is 22.8. The molecule has 1 heterocycles. The second-order valence-electron chi connectivity index (χ2n) is 11.3. The minimum absolute atomic E-state index is 0.284. The molecule has 0 aliphatic carbocycles. The summed E-state index contributed by atoms with van der Waals surface area (Å²) < 4.78 is 54.7. The Morgan fingerprint density at radius 2 is 0.556 bits per heavy atom. The third-order valence-electron chi connectivity index (χ3n) is 5.33. The van der Waals surface area contributed by atoms with Gasteiger partial charge in [-0.2, -0.15) is 0 Å². The first-order valence-electron chi connectivity index (χ1n) is 14.1. The van der Waals surface area contributed by atoms with Crippen molar-refractivity contribution in [1.29, 1.82) is 0 Å². The molecule has 0 N–H and O–H groups in total. The van der Waals surface area contributed by atoms with Crippen LogP contribution in [0.3, 0.4) is 0 Å². The van der Waals surface area contributed by atoms with Gasteiger partial charge in [-0.15, -0.1) is 0 Å². The molecule has 0 aromatic heterocycles. The minimum Gasteiger partial charge on any atom is -0.375 e. The largest absolute Gasteiger partial charge is 0.486 e. The lowest BCUT2D eigenvalue weighted by Crippen LogP contribution is -2.74. The molecule has 1 rings (SSSR count). The molecular weight excluding hydrogens is 529 g/mol. The van der Waals surface area contributed by atoms with Crippen LogP contribution in [0.15, 0.2) is 0 Å². The number of hydrogen-bond acceptors (Lipinski definition) is 8. The fraction of sp³-hybridized carbons (Fsp3) is 1.00. The summed E-state index contributed by atoms with van der Waals surface area (Å²) in [6, 6.07) is 2.56. The Balaban J connectivity index is 3.94. The van der Waals surface area contributed by atoms with E-state index in [1.54, 1.807) is 0 Å². The zero-order valence-corrected chi connectivity index (χ0v) is 29.2. The van der Waals surface area contributed by atoms with Crippen molar-refractivity contribution in [1.82, 2.24) is 0 Å². The van der Waals surface area contributed by atoms with Crippen molar-refractivity contribution in [2.24, 2.45) is 23.7 Å². The summed E-state index contributed by atoms with van der Waals surface area (Å²) >= 11 is 0. The Morgan fingerprint density at radius 3 is 0.667 bits per heavy atom. The van der Waals surface area contributed by atoms with Crippen molar-refractivity contribution >= 4 is 35.2 Å². The fourth-order valence-electron chi connectivity index (χ4n) is 4.72. The van der Waals surface area contributed by atoms with Gasteiger partial charge in [-0.3, -0.25) is 0 Å². The lowest BCUT2D eigenvalue weighted by Gasteiger charge is -2.51. The predicted molar refractivity (Wildman–Crippen MR) is 152 cm³/mol. The average molecular weight is 585 g/mol. The van der Waals surface area contributed by atoms with Crippen LogP contribution < -0.4 is 0 Å². The SMILES string of the molecule is CCO[Si]1(CC(C)C)O[Si](CC(C)C)(OCC)O[Si](CC(C)C)(OCC)O[Si](CC(C)C)(OCC)O1. The maximum atomic E-state index is 7.15. The monoisotopic (exact) mass is 584 g/mol. The minimum atomic E-state index is -3.34. The zero-order valence-electron chi connectivity index (χ0n) is 25.2. The first kappa shape index (κ1) is 34.6. The molecule has 0 unspecified atom stereocenters. The van der Waals surface area contributed by atoms with Gasteiger partial charge in [-0.25, -0.2) is 0 Å². The molecule has 0 atom stereocenters. The van der Waals surface area contributed by atoms with Crippen molar-refractivity contribution in [3.63, 3.8) is 0 Å². The number of hydrogen-bond donors (Lipinski definition) is 0. The lowest BCUT2D eigenvalue weighted by molar-refractivity contribution is 0.0134. The van der Waals surface area contributed by atoms with Gasteiger partial charge in [0.2, 0.25) is 0 Å². The molecule has 216 valence electrons.